The van der Waals surface area contributed by atoms with Crippen molar-refractivity contribution < 1.29 is 23.8 Å². The Morgan fingerprint density at radius 1 is 1.03 bits per heavy atom. The van der Waals surface area contributed by atoms with E-state index in [4.69, 9.17) is 14.2 Å². The molecule has 0 spiro atoms. The quantitative estimate of drug-likeness (QED) is 0.128. The monoisotopic (exact) mass is 571 g/mol. The molecule has 1 unspecified atom stereocenters. The van der Waals surface area contributed by atoms with Gasteiger partial charge in [-0.05, 0) is 81.8 Å². The highest BCUT2D eigenvalue weighted by molar-refractivity contribution is 8.24. The van der Waals surface area contributed by atoms with Crippen molar-refractivity contribution in [2.75, 3.05) is 13.7 Å². The van der Waals surface area contributed by atoms with Crippen LogP contribution in [0.1, 0.15) is 83.6 Å². The molecule has 2 fully saturated rings. The summed E-state index contributed by atoms with van der Waals surface area (Å²) in [6.45, 7) is 6.36. The predicted molar refractivity (Wildman–Crippen MR) is 154 cm³/mol. The maximum absolute atomic E-state index is 13.2. The number of hydrogen-bond acceptors (Lipinski definition) is 8. The zero-order valence-electron chi connectivity index (χ0n) is 23.6. The van der Waals surface area contributed by atoms with Crippen LogP contribution in [0.15, 0.2) is 31.7 Å². The van der Waals surface area contributed by atoms with Gasteiger partial charge in [0.2, 0.25) is 0 Å². The summed E-state index contributed by atoms with van der Waals surface area (Å²) < 4.78 is 17.1. The highest BCUT2D eigenvalue weighted by Gasteiger charge is 2.35. The van der Waals surface area contributed by atoms with Crippen LogP contribution in [0.2, 0.25) is 0 Å². The van der Waals surface area contributed by atoms with Crippen LogP contribution in [0, 0.1) is 41.9 Å². The summed E-state index contributed by atoms with van der Waals surface area (Å²) in [7, 11) is 1.61. The Kier molecular flexibility index (Phi) is 10.9. The van der Waals surface area contributed by atoms with Gasteiger partial charge in [-0.15, -0.1) is 0 Å². The van der Waals surface area contributed by atoms with Crippen molar-refractivity contribution in [2.45, 2.75) is 101 Å². The molecule has 2 aliphatic carbocycles. The highest BCUT2D eigenvalue weighted by Crippen LogP contribution is 2.57. The van der Waals surface area contributed by atoms with Gasteiger partial charge in [0.15, 0.2) is 5.57 Å². The number of nitriles is 1. The van der Waals surface area contributed by atoms with E-state index in [1.165, 1.54) is 55.6 Å². The molecule has 0 N–H and O–H groups in total. The number of nitrogens with zero attached hydrogens (tertiary/aromatic N) is 1. The Hall–Kier alpha value is -1.95. The van der Waals surface area contributed by atoms with Gasteiger partial charge >= 0.3 is 11.9 Å². The van der Waals surface area contributed by atoms with Crippen LogP contribution < -0.4 is 4.74 Å². The number of carbonyl (C=O) groups is 2. The molecule has 8 heteroatoms. The highest BCUT2D eigenvalue weighted by atomic mass is 32.2. The lowest BCUT2D eigenvalue weighted by Crippen LogP contribution is -2.30. The number of fused-ring (bicyclic) bond motifs is 1. The largest absolute Gasteiger partial charge is 0.461 e. The van der Waals surface area contributed by atoms with Crippen molar-refractivity contribution >= 4 is 35.5 Å². The zero-order valence-corrected chi connectivity index (χ0v) is 25.3. The Morgan fingerprint density at radius 3 is 2.28 bits per heavy atom. The molecular weight excluding hydrogens is 530 g/mol. The third kappa shape index (κ3) is 7.42. The number of benzene rings is 1. The van der Waals surface area contributed by atoms with Gasteiger partial charge in [-0.1, -0.05) is 55.8 Å². The van der Waals surface area contributed by atoms with Crippen molar-refractivity contribution in [2.24, 2.45) is 23.7 Å². The van der Waals surface area contributed by atoms with Gasteiger partial charge in [0.25, 0.3) is 0 Å². The van der Waals surface area contributed by atoms with Gasteiger partial charge in [-0.25, -0.2) is 4.79 Å². The van der Waals surface area contributed by atoms with Gasteiger partial charge in [0.1, 0.15) is 11.8 Å². The van der Waals surface area contributed by atoms with Crippen LogP contribution in [0.25, 0.3) is 0 Å². The molecule has 4 rings (SSSR count). The van der Waals surface area contributed by atoms with Crippen molar-refractivity contribution in [3.05, 3.63) is 27.5 Å². The van der Waals surface area contributed by atoms with E-state index in [2.05, 4.69) is 6.92 Å². The van der Waals surface area contributed by atoms with Crippen molar-refractivity contribution in [1.82, 2.24) is 0 Å². The second kappa shape index (κ2) is 14.1. The van der Waals surface area contributed by atoms with Crippen molar-refractivity contribution in [1.29, 1.82) is 5.26 Å². The second-order valence-electron chi connectivity index (χ2n) is 11.2. The Bertz CT molecular complexity index is 1110. The fraction of sp³-hybridized carbons (Fsp3) is 0.645. The van der Waals surface area contributed by atoms with Gasteiger partial charge in [-0.2, -0.15) is 5.26 Å². The minimum Gasteiger partial charge on any atom is -0.461 e. The normalized spacial score (nSPS) is 26.7. The fourth-order valence-electron chi connectivity index (χ4n) is 6.02. The number of methoxy groups -OCH3 is 1. The van der Waals surface area contributed by atoms with Gasteiger partial charge in [0, 0.05) is 18.4 Å². The number of aryl methyl sites for hydroxylation is 1. The van der Waals surface area contributed by atoms with Crippen LogP contribution in [0.4, 0.5) is 0 Å². The molecule has 0 saturated heterocycles. The molecule has 1 aliphatic heterocycles. The molecule has 0 aromatic heterocycles. The van der Waals surface area contributed by atoms with E-state index in [1.54, 1.807) is 7.11 Å². The Morgan fingerprint density at radius 2 is 1.67 bits per heavy atom. The average Bonchev–Trinajstić information content (AvgIpc) is 3.41. The molecule has 212 valence electrons. The van der Waals surface area contributed by atoms with Crippen LogP contribution in [-0.2, 0) is 19.1 Å². The Labute approximate surface area is 241 Å². The number of rotatable bonds is 9. The van der Waals surface area contributed by atoms with E-state index < -0.39 is 5.97 Å². The number of thioether (sulfide) groups is 2. The molecule has 0 bridgehead atoms. The first kappa shape index (κ1) is 30.0. The molecule has 3 aliphatic rings. The first-order valence-corrected chi connectivity index (χ1v) is 16.0. The molecule has 39 heavy (non-hydrogen) atoms. The van der Waals surface area contributed by atoms with Crippen LogP contribution in [0.3, 0.4) is 0 Å². The topological polar surface area (TPSA) is 85.6 Å². The molecular formula is C31H41NO5S2. The van der Waals surface area contributed by atoms with E-state index in [0.29, 0.717) is 16.4 Å². The first-order valence-electron chi connectivity index (χ1n) is 14.4. The Balaban J connectivity index is 1.37. The van der Waals surface area contributed by atoms with Crippen LogP contribution >= 0.6 is 23.5 Å². The summed E-state index contributed by atoms with van der Waals surface area (Å²) in [5, 5.41) is 9.74. The van der Waals surface area contributed by atoms with E-state index in [-0.39, 0.29) is 30.2 Å². The lowest BCUT2D eigenvalue weighted by molar-refractivity contribution is -0.141. The SMILES string of the molecule is CCC1CCC(C2CCC(C(=O)Oc3ccc(C)c4c3S/C(=C(/C#N)C(=O)OCCC(C)OC)S4)CC2)CC1. The lowest BCUT2D eigenvalue weighted by atomic mass is 9.69. The minimum atomic E-state index is -0.639. The number of esters is 2. The molecule has 1 heterocycles. The maximum atomic E-state index is 13.2. The second-order valence-corrected chi connectivity index (χ2v) is 13.5. The maximum Gasteiger partial charge on any atom is 0.350 e. The summed E-state index contributed by atoms with van der Waals surface area (Å²) in [6.07, 6.45) is 11.3. The van der Waals surface area contributed by atoms with Gasteiger partial charge in [-0.3, -0.25) is 4.79 Å². The van der Waals surface area contributed by atoms with Crippen LogP contribution in [-0.4, -0.2) is 31.8 Å². The summed E-state index contributed by atoms with van der Waals surface area (Å²) >= 11 is 2.68. The van der Waals surface area contributed by atoms with E-state index >= 15 is 0 Å². The van der Waals surface area contributed by atoms with Crippen molar-refractivity contribution in [3.8, 4) is 11.8 Å². The zero-order chi connectivity index (χ0) is 27.9. The smallest absolute Gasteiger partial charge is 0.350 e. The van der Waals surface area contributed by atoms with E-state index in [9.17, 15) is 14.9 Å². The third-order valence-corrected chi connectivity index (χ3v) is 11.5. The summed E-state index contributed by atoms with van der Waals surface area (Å²) in [4.78, 5) is 27.6. The van der Waals surface area contributed by atoms with E-state index in [0.717, 1.165) is 58.8 Å². The molecule has 1 aromatic carbocycles. The first-order chi connectivity index (χ1) is 18.8. The standard InChI is InChI=1S/C31H41NO5S2/c1-5-21-7-9-22(10-8-21)23-11-13-24(14-12-23)29(33)37-26-15-6-19(2)27-28(26)39-31(38-27)25(18-32)30(34)36-17-16-20(3)35-4/h6,15,20-24H,5,7-14,16-17H2,1-4H3/b31-25-. The number of carbonyl (C=O) groups excluding carboxylic acids is 2. The molecule has 1 aromatic rings. The third-order valence-electron chi connectivity index (χ3n) is 8.79. The van der Waals surface area contributed by atoms with Crippen molar-refractivity contribution in [3.63, 3.8) is 0 Å². The molecule has 0 amide bonds. The lowest BCUT2D eigenvalue weighted by Gasteiger charge is -2.37. The summed E-state index contributed by atoms with van der Waals surface area (Å²) in [5.74, 6) is 2.12. The van der Waals surface area contributed by atoms with Gasteiger partial charge in [0.05, 0.1) is 27.8 Å². The van der Waals surface area contributed by atoms with Gasteiger partial charge < -0.3 is 14.2 Å². The molecule has 0 radical (unpaired) electrons. The predicted octanol–water partition coefficient (Wildman–Crippen LogP) is 7.82. The fourth-order valence-corrected chi connectivity index (χ4v) is 8.66. The molecule has 6 nitrogen and oxygen atoms in total. The molecule has 1 atom stereocenters. The van der Waals surface area contributed by atoms with E-state index in [1.807, 2.05) is 32.0 Å². The van der Waals surface area contributed by atoms with Crippen LogP contribution in [0.5, 0.6) is 5.75 Å². The minimum absolute atomic E-state index is 0.0192. The number of hydrogen-bond donors (Lipinski definition) is 0. The summed E-state index contributed by atoms with van der Waals surface area (Å²) in [6, 6.07) is 5.78. The summed E-state index contributed by atoms with van der Waals surface area (Å²) in [5.41, 5.74) is 0.990. The number of ether oxygens (including phenoxy) is 3. The average molecular weight is 572 g/mol. The molecule has 2 saturated carbocycles.